The molecule has 1 saturated heterocycles. The van der Waals surface area contributed by atoms with E-state index in [0.717, 1.165) is 19.5 Å². The van der Waals surface area contributed by atoms with Gasteiger partial charge in [0.25, 0.3) is 0 Å². The predicted molar refractivity (Wildman–Crippen MR) is 88.4 cm³/mol. The Bertz CT molecular complexity index is 432. The minimum atomic E-state index is 0.201. The molecule has 2 unspecified atom stereocenters. The summed E-state index contributed by atoms with van der Waals surface area (Å²) >= 11 is 0. The van der Waals surface area contributed by atoms with Gasteiger partial charge in [0.05, 0.1) is 5.69 Å². The lowest BCUT2D eigenvalue weighted by Crippen LogP contribution is -2.45. The lowest BCUT2D eigenvalue weighted by Gasteiger charge is -2.28. The van der Waals surface area contributed by atoms with Crippen LogP contribution in [-0.2, 0) is 6.54 Å². The van der Waals surface area contributed by atoms with Gasteiger partial charge >= 0.3 is 0 Å². The zero-order valence-electron chi connectivity index (χ0n) is 14.4. The van der Waals surface area contributed by atoms with Crippen LogP contribution in [0.25, 0.3) is 0 Å². The summed E-state index contributed by atoms with van der Waals surface area (Å²) in [6.45, 7) is 14.4. The summed E-state index contributed by atoms with van der Waals surface area (Å²) in [6.07, 6.45) is 5.86. The molecule has 2 atom stereocenters. The van der Waals surface area contributed by atoms with Gasteiger partial charge < -0.3 is 5.32 Å². The topological polar surface area (TPSA) is 33.1 Å². The summed E-state index contributed by atoms with van der Waals surface area (Å²) in [5.74, 6) is 0. The molecule has 0 amide bonds. The molecule has 0 aromatic carbocycles. The van der Waals surface area contributed by atoms with Crippen molar-refractivity contribution in [2.45, 2.75) is 78.0 Å². The normalized spacial score (nSPS) is 21.9. The van der Waals surface area contributed by atoms with E-state index in [9.17, 15) is 0 Å². The third-order valence-corrected chi connectivity index (χ3v) is 4.44. The summed E-state index contributed by atoms with van der Waals surface area (Å²) in [6, 6.07) is 3.33. The first-order valence-corrected chi connectivity index (χ1v) is 8.42. The molecule has 0 radical (unpaired) electrons. The number of aromatic nitrogens is 2. The van der Waals surface area contributed by atoms with Crippen LogP contribution in [0.2, 0.25) is 0 Å². The molecule has 4 nitrogen and oxygen atoms in total. The molecule has 2 rings (SSSR count). The monoisotopic (exact) mass is 292 g/mol. The zero-order chi connectivity index (χ0) is 15.5. The van der Waals surface area contributed by atoms with Gasteiger partial charge in [-0.15, -0.1) is 0 Å². The summed E-state index contributed by atoms with van der Waals surface area (Å²) in [5.41, 5.74) is 1.41. The molecule has 1 aliphatic rings. The second kappa shape index (κ2) is 6.93. The van der Waals surface area contributed by atoms with Crippen molar-refractivity contribution in [3.05, 3.63) is 18.0 Å². The summed E-state index contributed by atoms with van der Waals surface area (Å²) in [5, 5.41) is 8.39. The molecule has 4 heteroatoms. The van der Waals surface area contributed by atoms with Crippen LogP contribution in [0.5, 0.6) is 0 Å². The van der Waals surface area contributed by atoms with E-state index in [1.807, 2.05) is 0 Å². The number of nitrogens with zero attached hydrogens (tertiary/aromatic N) is 3. The first kappa shape index (κ1) is 16.5. The predicted octanol–water partition coefficient (Wildman–Crippen LogP) is 3.21. The highest BCUT2D eigenvalue weighted by Crippen LogP contribution is 2.20. The maximum atomic E-state index is 4.74. The highest BCUT2D eigenvalue weighted by molar-refractivity contribution is 5.01. The Kier molecular flexibility index (Phi) is 5.44. The highest BCUT2D eigenvalue weighted by atomic mass is 15.3. The van der Waals surface area contributed by atoms with Crippen molar-refractivity contribution in [2.24, 2.45) is 0 Å². The minimum absolute atomic E-state index is 0.201. The van der Waals surface area contributed by atoms with Gasteiger partial charge in [-0.1, -0.05) is 6.92 Å². The number of likely N-dealkylation sites (tertiary alicyclic amines) is 1. The van der Waals surface area contributed by atoms with Crippen LogP contribution < -0.4 is 5.32 Å². The number of hydrogen-bond acceptors (Lipinski definition) is 3. The molecule has 0 aliphatic carbocycles. The van der Waals surface area contributed by atoms with E-state index in [1.165, 1.54) is 25.1 Å². The van der Waals surface area contributed by atoms with Crippen molar-refractivity contribution in [2.75, 3.05) is 13.1 Å². The molecule has 0 bridgehead atoms. The molecule has 1 fully saturated rings. The van der Waals surface area contributed by atoms with Crippen LogP contribution in [-0.4, -0.2) is 39.4 Å². The quantitative estimate of drug-likeness (QED) is 0.874. The molecule has 1 aromatic rings. The van der Waals surface area contributed by atoms with Crippen molar-refractivity contribution in [1.82, 2.24) is 20.0 Å². The molecule has 120 valence electrons. The van der Waals surface area contributed by atoms with Crippen molar-refractivity contribution in [3.8, 4) is 0 Å². The Morgan fingerprint density at radius 1 is 1.43 bits per heavy atom. The average molecular weight is 292 g/mol. The molecule has 1 aromatic heterocycles. The second-order valence-electron chi connectivity index (χ2n) is 7.44. The Morgan fingerprint density at radius 3 is 2.86 bits per heavy atom. The molecule has 0 spiro atoms. The van der Waals surface area contributed by atoms with Crippen LogP contribution in [0.1, 0.15) is 65.6 Å². The van der Waals surface area contributed by atoms with E-state index in [0.29, 0.717) is 12.1 Å². The van der Waals surface area contributed by atoms with Crippen LogP contribution in [0.4, 0.5) is 0 Å². The molecule has 0 saturated carbocycles. The summed E-state index contributed by atoms with van der Waals surface area (Å²) < 4.78 is 2.10. The van der Waals surface area contributed by atoms with Gasteiger partial charge in [-0.3, -0.25) is 9.58 Å². The van der Waals surface area contributed by atoms with E-state index in [2.05, 4.69) is 61.8 Å². The first-order chi connectivity index (χ1) is 9.89. The maximum absolute atomic E-state index is 4.74. The van der Waals surface area contributed by atoms with E-state index in [4.69, 9.17) is 5.10 Å². The highest BCUT2D eigenvalue weighted by Gasteiger charge is 2.26. The van der Waals surface area contributed by atoms with Crippen LogP contribution >= 0.6 is 0 Å². The minimum Gasteiger partial charge on any atom is -0.311 e. The van der Waals surface area contributed by atoms with Crippen LogP contribution in [0.3, 0.4) is 0 Å². The third-order valence-electron chi connectivity index (χ3n) is 4.44. The molecular formula is C17H32N4. The third kappa shape index (κ3) is 4.82. The Morgan fingerprint density at radius 2 is 2.19 bits per heavy atom. The molecule has 21 heavy (non-hydrogen) atoms. The molecule has 1 N–H and O–H groups in total. The number of nitrogens with one attached hydrogen (secondary N) is 1. The lowest BCUT2D eigenvalue weighted by molar-refractivity contribution is 0.222. The van der Waals surface area contributed by atoms with Gasteiger partial charge in [-0.05, 0) is 59.6 Å². The fourth-order valence-corrected chi connectivity index (χ4v) is 2.86. The summed E-state index contributed by atoms with van der Waals surface area (Å²) in [7, 11) is 0. The van der Waals surface area contributed by atoms with Gasteiger partial charge in [0.1, 0.15) is 0 Å². The molecule has 2 heterocycles. The van der Waals surface area contributed by atoms with E-state index < -0.39 is 0 Å². The van der Waals surface area contributed by atoms with Gasteiger partial charge in [-0.2, -0.15) is 5.10 Å². The first-order valence-electron chi connectivity index (χ1n) is 8.42. The molecular weight excluding hydrogens is 260 g/mol. The fraction of sp³-hybridized carbons (Fsp3) is 0.824. The second-order valence-corrected chi connectivity index (χ2v) is 7.44. The van der Waals surface area contributed by atoms with Crippen molar-refractivity contribution < 1.29 is 0 Å². The van der Waals surface area contributed by atoms with Crippen molar-refractivity contribution in [3.63, 3.8) is 0 Å². The Hall–Kier alpha value is -0.870. The number of rotatable bonds is 6. The van der Waals surface area contributed by atoms with Crippen LogP contribution in [0, 0.1) is 0 Å². The van der Waals surface area contributed by atoms with Crippen molar-refractivity contribution >= 4 is 0 Å². The Balaban J connectivity index is 1.90. The van der Waals surface area contributed by atoms with E-state index >= 15 is 0 Å². The maximum Gasteiger partial charge on any atom is 0.0765 e. The van der Waals surface area contributed by atoms with Gasteiger partial charge in [0, 0.05) is 36.9 Å². The number of hydrogen-bond donors (Lipinski definition) is 1. The van der Waals surface area contributed by atoms with E-state index in [-0.39, 0.29) is 5.54 Å². The van der Waals surface area contributed by atoms with Crippen LogP contribution in [0.15, 0.2) is 12.3 Å². The van der Waals surface area contributed by atoms with Gasteiger partial charge in [0.15, 0.2) is 0 Å². The SMILES string of the molecule is CCC(C)n1ccc(CN2CCCC2CNC(C)(C)C)n1. The van der Waals surface area contributed by atoms with Crippen molar-refractivity contribution in [1.29, 1.82) is 0 Å². The smallest absolute Gasteiger partial charge is 0.0765 e. The molecule has 1 aliphatic heterocycles. The van der Waals surface area contributed by atoms with Gasteiger partial charge in [-0.25, -0.2) is 0 Å². The average Bonchev–Trinajstić information content (AvgIpc) is 3.04. The zero-order valence-corrected chi connectivity index (χ0v) is 14.4. The summed E-state index contributed by atoms with van der Waals surface area (Å²) in [4.78, 5) is 2.59. The fourth-order valence-electron chi connectivity index (χ4n) is 2.86. The lowest BCUT2D eigenvalue weighted by atomic mass is 10.1. The van der Waals surface area contributed by atoms with Gasteiger partial charge in [0.2, 0.25) is 0 Å². The largest absolute Gasteiger partial charge is 0.311 e. The van der Waals surface area contributed by atoms with E-state index in [1.54, 1.807) is 0 Å². The standard InChI is InChI=1S/C17H32N4/c1-6-14(2)21-11-9-15(19-21)13-20-10-7-8-16(20)12-18-17(3,4)5/h9,11,14,16,18H,6-8,10,12-13H2,1-5H3. The Labute approximate surface area is 129 Å².